The summed E-state index contributed by atoms with van der Waals surface area (Å²) in [5, 5.41) is 11.1. The third kappa shape index (κ3) is 3.95. The van der Waals surface area contributed by atoms with Crippen molar-refractivity contribution < 1.29 is 9.18 Å². The highest BCUT2D eigenvalue weighted by molar-refractivity contribution is 6.33. The molecule has 0 aliphatic rings. The number of carbonyl (C=O) groups excluding carboxylic acids is 1. The van der Waals surface area contributed by atoms with Crippen LogP contribution in [0.4, 0.5) is 10.1 Å². The van der Waals surface area contributed by atoms with Crippen molar-refractivity contribution in [3.63, 3.8) is 0 Å². The molecule has 9 heteroatoms. The largest absolute Gasteiger partial charge is 0.323 e. The van der Waals surface area contributed by atoms with E-state index in [1.807, 2.05) is 24.3 Å². The maximum absolute atomic E-state index is 13.4. The Morgan fingerprint density at radius 1 is 1.17 bits per heavy atom. The number of hydrogen-bond acceptors (Lipinski definition) is 4. The van der Waals surface area contributed by atoms with Gasteiger partial charge in [-0.2, -0.15) is 10.2 Å². The molecular formula is C21H17ClFN5O2. The number of carbonyl (C=O) groups is 1. The molecule has 7 nitrogen and oxygen atoms in total. The zero-order valence-electron chi connectivity index (χ0n) is 16.0. The lowest BCUT2D eigenvalue weighted by atomic mass is 10.1. The molecule has 1 N–H and O–H groups in total. The summed E-state index contributed by atoms with van der Waals surface area (Å²) >= 11 is 5.96. The normalized spacial score (nSPS) is 11.0. The zero-order chi connectivity index (χ0) is 21.3. The quantitative estimate of drug-likeness (QED) is 0.530. The second-order valence-electron chi connectivity index (χ2n) is 6.68. The SMILES string of the molecule is CCc1ccc(-c2cc3c(=O)n(CC(=O)Nc4cc(F)ccc4Cl)ncn3n2)cc1. The molecule has 0 unspecified atom stereocenters. The average molecular weight is 426 g/mol. The van der Waals surface area contributed by atoms with E-state index in [1.54, 1.807) is 6.07 Å². The van der Waals surface area contributed by atoms with Crippen LogP contribution in [-0.4, -0.2) is 25.3 Å². The number of hydrogen-bond donors (Lipinski definition) is 1. The third-order valence-corrected chi connectivity index (χ3v) is 4.97. The molecule has 0 saturated carbocycles. The van der Waals surface area contributed by atoms with E-state index in [1.165, 1.54) is 28.5 Å². The van der Waals surface area contributed by atoms with Crippen LogP contribution in [0.3, 0.4) is 0 Å². The van der Waals surface area contributed by atoms with Crippen molar-refractivity contribution in [3.05, 3.63) is 81.6 Å². The number of aromatic nitrogens is 4. The van der Waals surface area contributed by atoms with Crippen LogP contribution in [0.25, 0.3) is 16.8 Å². The molecule has 0 saturated heterocycles. The van der Waals surface area contributed by atoms with Gasteiger partial charge < -0.3 is 5.32 Å². The van der Waals surface area contributed by atoms with Gasteiger partial charge in [0.05, 0.1) is 16.4 Å². The maximum Gasteiger partial charge on any atom is 0.293 e. The van der Waals surface area contributed by atoms with Crippen LogP contribution in [0.2, 0.25) is 5.02 Å². The van der Waals surface area contributed by atoms with E-state index < -0.39 is 17.3 Å². The first-order chi connectivity index (χ1) is 14.4. The van der Waals surface area contributed by atoms with Crippen molar-refractivity contribution in [2.45, 2.75) is 19.9 Å². The summed E-state index contributed by atoms with van der Waals surface area (Å²) in [6, 6.07) is 13.2. The predicted octanol–water partition coefficient (Wildman–Crippen LogP) is 3.55. The van der Waals surface area contributed by atoms with Crippen LogP contribution in [-0.2, 0) is 17.8 Å². The number of rotatable bonds is 5. The van der Waals surface area contributed by atoms with Crippen molar-refractivity contribution in [1.29, 1.82) is 0 Å². The topological polar surface area (TPSA) is 81.3 Å². The van der Waals surface area contributed by atoms with E-state index >= 15 is 0 Å². The van der Waals surface area contributed by atoms with Crippen LogP contribution in [0, 0.1) is 5.82 Å². The van der Waals surface area contributed by atoms with Gasteiger partial charge in [-0.1, -0.05) is 42.8 Å². The van der Waals surface area contributed by atoms with E-state index in [4.69, 9.17) is 11.6 Å². The summed E-state index contributed by atoms with van der Waals surface area (Å²) in [4.78, 5) is 25.1. The number of aryl methyl sites for hydroxylation is 1. The summed E-state index contributed by atoms with van der Waals surface area (Å²) in [5.41, 5.74) is 2.65. The molecule has 0 atom stereocenters. The van der Waals surface area contributed by atoms with Gasteiger partial charge in [0.15, 0.2) is 0 Å². The van der Waals surface area contributed by atoms with Crippen LogP contribution < -0.4 is 10.9 Å². The van der Waals surface area contributed by atoms with E-state index in [0.29, 0.717) is 5.69 Å². The standard InChI is InChI=1S/C21H17ClFN5O2/c1-2-13-3-5-14(6-4-13)17-10-19-21(30)27(24-12-28(19)26-17)11-20(29)25-18-9-15(23)7-8-16(18)22/h3-10,12H,2,11H2,1H3,(H,25,29). The van der Waals surface area contributed by atoms with Gasteiger partial charge in [0.2, 0.25) is 5.91 Å². The second-order valence-corrected chi connectivity index (χ2v) is 7.08. The lowest BCUT2D eigenvalue weighted by Crippen LogP contribution is -2.30. The zero-order valence-corrected chi connectivity index (χ0v) is 16.7. The number of amides is 1. The summed E-state index contributed by atoms with van der Waals surface area (Å²) in [6.07, 6.45) is 2.30. The van der Waals surface area contributed by atoms with E-state index in [9.17, 15) is 14.0 Å². The lowest BCUT2D eigenvalue weighted by Gasteiger charge is -2.08. The van der Waals surface area contributed by atoms with Crippen molar-refractivity contribution >= 4 is 28.7 Å². The van der Waals surface area contributed by atoms with Crippen LogP contribution in [0.15, 0.2) is 59.7 Å². The predicted molar refractivity (Wildman–Crippen MR) is 112 cm³/mol. The number of benzene rings is 2. The van der Waals surface area contributed by atoms with Crippen molar-refractivity contribution in [1.82, 2.24) is 19.4 Å². The molecular weight excluding hydrogens is 409 g/mol. The van der Waals surface area contributed by atoms with Gasteiger partial charge in [-0.05, 0) is 36.2 Å². The number of halogens is 2. The molecule has 0 bridgehead atoms. The Morgan fingerprint density at radius 2 is 1.93 bits per heavy atom. The molecule has 0 spiro atoms. The van der Waals surface area contributed by atoms with E-state index in [2.05, 4.69) is 22.4 Å². The van der Waals surface area contributed by atoms with E-state index in [-0.39, 0.29) is 22.8 Å². The van der Waals surface area contributed by atoms with Gasteiger partial charge in [-0.3, -0.25) is 9.59 Å². The highest BCUT2D eigenvalue weighted by Gasteiger charge is 2.13. The Bertz CT molecular complexity index is 1300. The fourth-order valence-electron chi connectivity index (χ4n) is 3.02. The maximum atomic E-state index is 13.4. The van der Waals surface area contributed by atoms with Crippen LogP contribution in [0.5, 0.6) is 0 Å². The first kappa shape index (κ1) is 19.8. The summed E-state index contributed by atoms with van der Waals surface area (Å²) in [7, 11) is 0. The minimum Gasteiger partial charge on any atom is -0.323 e. The first-order valence-electron chi connectivity index (χ1n) is 9.24. The van der Waals surface area contributed by atoms with Crippen molar-refractivity contribution in [2.75, 3.05) is 5.32 Å². The first-order valence-corrected chi connectivity index (χ1v) is 9.62. The number of nitrogens with one attached hydrogen (secondary N) is 1. The molecule has 0 aliphatic heterocycles. The van der Waals surface area contributed by atoms with Gasteiger partial charge in [-0.15, -0.1) is 0 Å². The highest BCUT2D eigenvalue weighted by atomic mass is 35.5. The fourth-order valence-corrected chi connectivity index (χ4v) is 3.19. The number of anilines is 1. The molecule has 2 heterocycles. The molecule has 4 rings (SSSR count). The van der Waals surface area contributed by atoms with Crippen molar-refractivity contribution in [2.24, 2.45) is 0 Å². The Kier molecular flexibility index (Phi) is 5.33. The van der Waals surface area contributed by atoms with Crippen LogP contribution in [0.1, 0.15) is 12.5 Å². The highest BCUT2D eigenvalue weighted by Crippen LogP contribution is 2.22. The third-order valence-electron chi connectivity index (χ3n) is 4.64. The molecule has 0 radical (unpaired) electrons. The molecule has 2 aromatic heterocycles. The smallest absolute Gasteiger partial charge is 0.293 e. The summed E-state index contributed by atoms with van der Waals surface area (Å²) < 4.78 is 15.8. The molecule has 1 amide bonds. The van der Waals surface area contributed by atoms with Gasteiger partial charge in [0.25, 0.3) is 5.56 Å². The van der Waals surface area contributed by atoms with Gasteiger partial charge in [0, 0.05) is 5.56 Å². The second kappa shape index (κ2) is 8.08. The fraction of sp³-hybridized carbons (Fsp3) is 0.143. The minimum absolute atomic E-state index is 0.123. The monoisotopic (exact) mass is 425 g/mol. The molecule has 152 valence electrons. The van der Waals surface area contributed by atoms with E-state index in [0.717, 1.165) is 22.7 Å². The average Bonchev–Trinajstić information content (AvgIpc) is 3.18. The Labute approximate surface area is 175 Å². The molecule has 0 fully saturated rings. The molecule has 0 aliphatic carbocycles. The van der Waals surface area contributed by atoms with Crippen molar-refractivity contribution in [3.8, 4) is 11.3 Å². The Hall–Kier alpha value is -3.52. The summed E-state index contributed by atoms with van der Waals surface area (Å²) in [6.45, 7) is 1.72. The minimum atomic E-state index is -0.559. The molecule has 30 heavy (non-hydrogen) atoms. The molecule has 2 aromatic carbocycles. The Morgan fingerprint density at radius 3 is 2.67 bits per heavy atom. The van der Waals surface area contributed by atoms with Gasteiger partial charge in [0.1, 0.15) is 24.2 Å². The van der Waals surface area contributed by atoms with Gasteiger partial charge >= 0.3 is 0 Å². The van der Waals surface area contributed by atoms with Gasteiger partial charge in [-0.25, -0.2) is 13.6 Å². The lowest BCUT2D eigenvalue weighted by molar-refractivity contribution is -0.117. The number of nitrogens with zero attached hydrogens (tertiary/aromatic N) is 4. The Balaban J connectivity index is 1.59. The summed E-state index contributed by atoms with van der Waals surface area (Å²) in [5.74, 6) is -1.10. The molecule has 4 aromatic rings. The van der Waals surface area contributed by atoms with Crippen LogP contribution >= 0.6 is 11.6 Å². The number of fused-ring (bicyclic) bond motifs is 1.